The van der Waals surface area contributed by atoms with Gasteiger partial charge in [0.2, 0.25) is 5.91 Å². The number of rotatable bonds is 7. The molecule has 1 atom stereocenters. The molecule has 5 rings (SSSR count). The highest BCUT2D eigenvalue weighted by Crippen LogP contribution is 2.42. The summed E-state index contributed by atoms with van der Waals surface area (Å²) in [6.45, 7) is 0.658. The summed E-state index contributed by atoms with van der Waals surface area (Å²) in [5.74, 6) is 1.50. The highest BCUT2D eigenvalue weighted by Gasteiger charge is 2.34. The Kier molecular flexibility index (Phi) is 6.65. The lowest BCUT2D eigenvalue weighted by Gasteiger charge is -2.37. The molecular formula is C27H26N2O3S2. The van der Waals surface area contributed by atoms with Gasteiger partial charge in [-0.15, -0.1) is 22.7 Å². The molecule has 2 aromatic carbocycles. The van der Waals surface area contributed by atoms with Crippen LogP contribution in [-0.4, -0.2) is 36.6 Å². The molecule has 0 radical (unpaired) electrons. The predicted molar refractivity (Wildman–Crippen MR) is 136 cm³/mol. The van der Waals surface area contributed by atoms with Crippen molar-refractivity contribution in [3.63, 3.8) is 0 Å². The lowest BCUT2D eigenvalue weighted by molar-refractivity contribution is -0.132. The fraction of sp³-hybridized carbons (Fsp3) is 0.259. The van der Waals surface area contributed by atoms with E-state index < -0.39 is 0 Å². The van der Waals surface area contributed by atoms with E-state index in [0.29, 0.717) is 18.7 Å². The second-order valence-corrected chi connectivity index (χ2v) is 10.2. The fourth-order valence-corrected chi connectivity index (χ4v) is 6.19. The van der Waals surface area contributed by atoms with Gasteiger partial charge in [0, 0.05) is 23.2 Å². The highest BCUT2D eigenvalue weighted by atomic mass is 32.1. The minimum atomic E-state index is -0.140. The van der Waals surface area contributed by atoms with E-state index in [0.717, 1.165) is 39.7 Å². The lowest BCUT2D eigenvalue weighted by Crippen LogP contribution is -2.41. The molecule has 0 saturated carbocycles. The summed E-state index contributed by atoms with van der Waals surface area (Å²) in [5.41, 5.74) is 4.36. The SMILES string of the molecule is COc1cc2c(cc1OC)C(c1cccs1)N(C(=O)Cc1csc(Cc3ccccc3)n1)CC2. The van der Waals surface area contributed by atoms with Gasteiger partial charge in [0.15, 0.2) is 11.5 Å². The van der Waals surface area contributed by atoms with Crippen molar-refractivity contribution < 1.29 is 14.3 Å². The number of benzene rings is 2. The molecule has 7 heteroatoms. The minimum Gasteiger partial charge on any atom is -0.493 e. The minimum absolute atomic E-state index is 0.0930. The van der Waals surface area contributed by atoms with E-state index in [-0.39, 0.29) is 11.9 Å². The number of ether oxygens (including phenoxy) is 2. The third kappa shape index (κ3) is 4.58. The zero-order chi connectivity index (χ0) is 23.5. The molecule has 4 aromatic rings. The van der Waals surface area contributed by atoms with Crippen LogP contribution < -0.4 is 9.47 Å². The fourth-order valence-electron chi connectivity index (χ4n) is 4.51. The Morgan fingerprint density at radius 1 is 1.06 bits per heavy atom. The van der Waals surface area contributed by atoms with Gasteiger partial charge in [-0.2, -0.15) is 0 Å². The Morgan fingerprint density at radius 2 is 1.85 bits per heavy atom. The summed E-state index contributed by atoms with van der Waals surface area (Å²) in [7, 11) is 3.30. The smallest absolute Gasteiger partial charge is 0.229 e. The summed E-state index contributed by atoms with van der Waals surface area (Å²) < 4.78 is 11.1. The van der Waals surface area contributed by atoms with Gasteiger partial charge in [-0.1, -0.05) is 36.4 Å². The average Bonchev–Trinajstić information content (AvgIpc) is 3.55. The first-order chi connectivity index (χ1) is 16.7. The number of hydrogen-bond acceptors (Lipinski definition) is 6. The number of carbonyl (C=O) groups is 1. The zero-order valence-corrected chi connectivity index (χ0v) is 20.8. The number of nitrogens with zero attached hydrogens (tertiary/aromatic N) is 2. The van der Waals surface area contributed by atoms with Crippen LogP contribution in [0, 0.1) is 0 Å². The number of methoxy groups -OCH3 is 2. The maximum atomic E-state index is 13.6. The summed E-state index contributed by atoms with van der Waals surface area (Å²) >= 11 is 3.29. The van der Waals surface area contributed by atoms with Crippen molar-refractivity contribution in [3.8, 4) is 11.5 Å². The monoisotopic (exact) mass is 490 g/mol. The Hall–Kier alpha value is -3.16. The van der Waals surface area contributed by atoms with Gasteiger partial charge in [-0.05, 0) is 46.7 Å². The van der Waals surface area contributed by atoms with E-state index in [4.69, 9.17) is 14.5 Å². The van der Waals surface area contributed by atoms with Gasteiger partial charge >= 0.3 is 0 Å². The van der Waals surface area contributed by atoms with Crippen molar-refractivity contribution in [1.29, 1.82) is 0 Å². The van der Waals surface area contributed by atoms with Gasteiger partial charge < -0.3 is 14.4 Å². The summed E-state index contributed by atoms with van der Waals surface area (Å²) in [4.78, 5) is 21.5. The van der Waals surface area contributed by atoms with E-state index in [2.05, 4.69) is 23.6 Å². The van der Waals surface area contributed by atoms with Crippen LogP contribution in [0.3, 0.4) is 0 Å². The van der Waals surface area contributed by atoms with Crippen molar-refractivity contribution >= 4 is 28.6 Å². The first kappa shape index (κ1) is 22.6. The van der Waals surface area contributed by atoms with E-state index in [1.54, 1.807) is 36.9 Å². The highest BCUT2D eigenvalue weighted by molar-refractivity contribution is 7.10. The molecule has 1 unspecified atom stereocenters. The molecule has 0 saturated heterocycles. The maximum Gasteiger partial charge on any atom is 0.229 e. The largest absolute Gasteiger partial charge is 0.493 e. The Labute approximate surface area is 207 Å². The zero-order valence-electron chi connectivity index (χ0n) is 19.2. The normalized spacial score (nSPS) is 15.1. The number of fused-ring (bicyclic) bond motifs is 1. The molecule has 1 amide bonds. The summed E-state index contributed by atoms with van der Waals surface area (Å²) in [5, 5.41) is 5.11. The van der Waals surface area contributed by atoms with E-state index in [9.17, 15) is 4.79 Å². The molecule has 3 heterocycles. The van der Waals surface area contributed by atoms with Crippen molar-refractivity contribution in [1.82, 2.24) is 9.88 Å². The number of aromatic nitrogens is 1. The van der Waals surface area contributed by atoms with E-state index in [1.165, 1.54) is 11.1 Å². The lowest BCUT2D eigenvalue weighted by atomic mass is 9.90. The Bertz CT molecular complexity index is 1270. The number of hydrogen-bond donors (Lipinski definition) is 0. The van der Waals surface area contributed by atoms with Crippen LogP contribution in [0.25, 0.3) is 0 Å². The topological polar surface area (TPSA) is 51.7 Å². The predicted octanol–water partition coefficient (Wildman–Crippen LogP) is 5.53. The van der Waals surface area contributed by atoms with Gasteiger partial charge in [0.25, 0.3) is 0 Å². The van der Waals surface area contributed by atoms with Gasteiger partial charge in [0.05, 0.1) is 37.4 Å². The van der Waals surface area contributed by atoms with Crippen LogP contribution in [0.4, 0.5) is 0 Å². The van der Waals surface area contributed by atoms with Crippen LogP contribution in [-0.2, 0) is 24.1 Å². The van der Waals surface area contributed by atoms with E-state index >= 15 is 0 Å². The average molecular weight is 491 g/mol. The number of thiophene rings is 1. The molecule has 1 aliphatic heterocycles. The van der Waals surface area contributed by atoms with Crippen molar-refractivity contribution in [3.05, 3.63) is 97.6 Å². The van der Waals surface area contributed by atoms with E-state index in [1.807, 2.05) is 46.7 Å². The third-order valence-electron chi connectivity index (χ3n) is 6.14. The van der Waals surface area contributed by atoms with Crippen molar-refractivity contribution in [2.45, 2.75) is 25.3 Å². The molecular weight excluding hydrogens is 464 g/mol. The van der Waals surface area contributed by atoms with Gasteiger partial charge in [0.1, 0.15) is 0 Å². The molecule has 0 N–H and O–H groups in total. The third-order valence-corrected chi connectivity index (χ3v) is 7.96. The standard InChI is InChI=1S/C27H26N2O3S2/c1-31-22-14-19-10-11-29(27(24-9-6-12-33-24)21(19)16-23(22)32-2)26(30)15-20-17-34-25(28-20)13-18-7-4-3-5-8-18/h3-9,12,14,16-17,27H,10-11,13,15H2,1-2H3. The number of amides is 1. The molecule has 0 bridgehead atoms. The summed E-state index contributed by atoms with van der Waals surface area (Å²) in [6, 6.07) is 18.4. The molecule has 0 fully saturated rings. The molecule has 174 valence electrons. The molecule has 34 heavy (non-hydrogen) atoms. The van der Waals surface area contributed by atoms with Gasteiger partial charge in [-0.3, -0.25) is 4.79 Å². The molecule has 0 aliphatic carbocycles. The summed E-state index contributed by atoms with van der Waals surface area (Å²) in [6.07, 6.45) is 1.87. The Morgan fingerprint density at radius 3 is 2.59 bits per heavy atom. The first-order valence-electron chi connectivity index (χ1n) is 11.2. The molecule has 1 aliphatic rings. The van der Waals surface area contributed by atoms with Crippen LogP contribution in [0.2, 0.25) is 0 Å². The maximum absolute atomic E-state index is 13.6. The van der Waals surface area contributed by atoms with Crippen LogP contribution in [0.15, 0.2) is 65.4 Å². The second-order valence-electron chi connectivity index (χ2n) is 8.23. The molecule has 5 nitrogen and oxygen atoms in total. The first-order valence-corrected chi connectivity index (χ1v) is 13.0. The molecule has 0 spiro atoms. The van der Waals surface area contributed by atoms with Crippen molar-refractivity contribution in [2.75, 3.05) is 20.8 Å². The van der Waals surface area contributed by atoms with Crippen LogP contribution >= 0.6 is 22.7 Å². The van der Waals surface area contributed by atoms with Crippen LogP contribution in [0.1, 0.15) is 38.3 Å². The quantitative estimate of drug-likeness (QED) is 0.342. The second kappa shape index (κ2) is 9.99. The Balaban J connectivity index is 1.40. The van der Waals surface area contributed by atoms with Gasteiger partial charge in [-0.25, -0.2) is 4.98 Å². The number of thiazole rings is 1. The molecule has 2 aromatic heterocycles. The number of carbonyl (C=O) groups excluding carboxylic acids is 1. The van der Waals surface area contributed by atoms with Crippen molar-refractivity contribution in [2.24, 2.45) is 0 Å². The van der Waals surface area contributed by atoms with Crippen LogP contribution in [0.5, 0.6) is 11.5 Å².